The molecule has 0 saturated carbocycles. The molecule has 4 heteroatoms. The van der Waals surface area contributed by atoms with Crippen LogP contribution >= 0.6 is 22.9 Å². The van der Waals surface area contributed by atoms with Gasteiger partial charge in [0.05, 0.1) is 5.51 Å². The topological polar surface area (TPSA) is 24.9 Å². The van der Waals surface area contributed by atoms with Crippen molar-refractivity contribution in [1.82, 2.24) is 10.3 Å². The number of halogens is 1. The lowest BCUT2D eigenvalue weighted by atomic mass is 10.0. The van der Waals surface area contributed by atoms with E-state index < -0.39 is 0 Å². The molecule has 1 N–H and O–H groups in total. The molecule has 1 atom stereocenters. The third kappa shape index (κ3) is 3.80. The average Bonchev–Trinajstić information content (AvgIpc) is 2.85. The fourth-order valence-electron chi connectivity index (χ4n) is 2.02. The quantitative estimate of drug-likeness (QED) is 0.875. The fraction of sp³-hybridized carbons (Fsp3) is 0.357. The number of benzene rings is 1. The van der Waals surface area contributed by atoms with E-state index in [2.05, 4.69) is 23.3 Å². The van der Waals surface area contributed by atoms with Crippen molar-refractivity contribution in [2.75, 3.05) is 6.54 Å². The summed E-state index contributed by atoms with van der Waals surface area (Å²) in [4.78, 5) is 5.44. The maximum Gasteiger partial charge on any atom is 0.0794 e. The van der Waals surface area contributed by atoms with Gasteiger partial charge in [-0.3, -0.25) is 4.98 Å². The molecule has 0 radical (unpaired) electrons. The first-order valence-electron chi connectivity index (χ1n) is 6.13. The number of rotatable bonds is 6. The van der Waals surface area contributed by atoms with Crippen LogP contribution < -0.4 is 5.32 Å². The van der Waals surface area contributed by atoms with Crippen molar-refractivity contribution in [3.63, 3.8) is 0 Å². The second-order valence-corrected chi connectivity index (χ2v) is 5.60. The Kier molecular flexibility index (Phi) is 5.17. The average molecular weight is 281 g/mol. The van der Waals surface area contributed by atoms with Gasteiger partial charge in [-0.1, -0.05) is 36.7 Å². The van der Waals surface area contributed by atoms with Crippen LogP contribution in [0.1, 0.15) is 17.4 Å². The second kappa shape index (κ2) is 6.88. The highest BCUT2D eigenvalue weighted by atomic mass is 35.5. The van der Waals surface area contributed by atoms with Crippen LogP contribution in [0.25, 0.3) is 0 Å². The van der Waals surface area contributed by atoms with Gasteiger partial charge in [-0.2, -0.15) is 0 Å². The number of likely N-dealkylation sites (N-methyl/N-ethyl adjacent to an activating group) is 1. The highest BCUT2D eigenvalue weighted by Crippen LogP contribution is 2.18. The van der Waals surface area contributed by atoms with Crippen LogP contribution in [-0.2, 0) is 12.8 Å². The van der Waals surface area contributed by atoms with E-state index >= 15 is 0 Å². The molecule has 2 rings (SSSR count). The van der Waals surface area contributed by atoms with E-state index in [4.69, 9.17) is 11.6 Å². The summed E-state index contributed by atoms with van der Waals surface area (Å²) in [6.45, 7) is 3.10. The van der Waals surface area contributed by atoms with Gasteiger partial charge < -0.3 is 5.32 Å². The SMILES string of the molecule is CCNC(Cc1cncs1)Cc1ccccc1Cl. The lowest BCUT2D eigenvalue weighted by Gasteiger charge is -2.17. The van der Waals surface area contributed by atoms with Crippen molar-refractivity contribution in [3.05, 3.63) is 51.4 Å². The third-order valence-corrected chi connectivity index (χ3v) is 4.02. The van der Waals surface area contributed by atoms with Gasteiger partial charge in [-0.05, 0) is 31.0 Å². The molecular formula is C14H17ClN2S. The van der Waals surface area contributed by atoms with Crippen molar-refractivity contribution in [2.45, 2.75) is 25.8 Å². The summed E-state index contributed by atoms with van der Waals surface area (Å²) in [7, 11) is 0. The van der Waals surface area contributed by atoms with Gasteiger partial charge in [0, 0.05) is 22.1 Å². The zero-order valence-electron chi connectivity index (χ0n) is 10.4. The van der Waals surface area contributed by atoms with E-state index in [0.717, 1.165) is 24.4 Å². The molecule has 0 aliphatic carbocycles. The molecule has 0 fully saturated rings. The van der Waals surface area contributed by atoms with Crippen LogP contribution in [0.3, 0.4) is 0 Å². The zero-order chi connectivity index (χ0) is 12.8. The molecule has 2 nitrogen and oxygen atoms in total. The van der Waals surface area contributed by atoms with Crippen LogP contribution in [0, 0.1) is 0 Å². The van der Waals surface area contributed by atoms with Gasteiger partial charge in [-0.15, -0.1) is 11.3 Å². The van der Waals surface area contributed by atoms with Crippen LogP contribution in [-0.4, -0.2) is 17.6 Å². The van der Waals surface area contributed by atoms with Crippen molar-refractivity contribution >= 4 is 22.9 Å². The summed E-state index contributed by atoms with van der Waals surface area (Å²) in [6, 6.07) is 8.47. The Bertz CT molecular complexity index is 470. The molecule has 0 bridgehead atoms. The second-order valence-electron chi connectivity index (χ2n) is 4.22. The Morgan fingerprint density at radius 2 is 2.17 bits per heavy atom. The number of nitrogens with one attached hydrogen (secondary N) is 1. The predicted octanol–water partition coefficient (Wildman–Crippen LogP) is 3.56. The standard InChI is InChI=1S/C14H17ClN2S/c1-2-17-12(8-13-9-16-10-18-13)7-11-5-3-4-6-14(11)15/h3-6,9-10,12,17H,2,7-8H2,1H3. The highest BCUT2D eigenvalue weighted by molar-refractivity contribution is 7.09. The Hall–Kier alpha value is -0.900. The smallest absolute Gasteiger partial charge is 0.0794 e. The molecule has 18 heavy (non-hydrogen) atoms. The Balaban J connectivity index is 2.04. The van der Waals surface area contributed by atoms with Crippen LogP contribution in [0.2, 0.25) is 5.02 Å². The van der Waals surface area contributed by atoms with Crippen molar-refractivity contribution in [3.8, 4) is 0 Å². The molecule has 0 aliphatic rings. The number of aromatic nitrogens is 1. The molecule has 2 aromatic rings. The van der Waals surface area contributed by atoms with E-state index in [1.807, 2.05) is 29.9 Å². The molecule has 1 aromatic heterocycles. The van der Waals surface area contributed by atoms with Crippen molar-refractivity contribution < 1.29 is 0 Å². The summed E-state index contributed by atoms with van der Waals surface area (Å²) >= 11 is 7.92. The first-order chi connectivity index (χ1) is 8.79. The monoisotopic (exact) mass is 280 g/mol. The van der Waals surface area contributed by atoms with Gasteiger partial charge in [0.15, 0.2) is 0 Å². The van der Waals surface area contributed by atoms with Gasteiger partial charge >= 0.3 is 0 Å². The molecule has 1 aromatic carbocycles. The molecule has 0 aliphatic heterocycles. The normalized spacial score (nSPS) is 12.6. The number of hydrogen-bond acceptors (Lipinski definition) is 3. The summed E-state index contributed by atoms with van der Waals surface area (Å²) in [6.07, 6.45) is 3.90. The Morgan fingerprint density at radius 1 is 1.33 bits per heavy atom. The molecule has 0 amide bonds. The molecule has 96 valence electrons. The first kappa shape index (κ1) is 13.5. The van der Waals surface area contributed by atoms with E-state index in [-0.39, 0.29) is 0 Å². The molecular weight excluding hydrogens is 264 g/mol. The third-order valence-electron chi connectivity index (χ3n) is 2.85. The van der Waals surface area contributed by atoms with Crippen LogP contribution in [0.15, 0.2) is 36.0 Å². The molecule has 0 saturated heterocycles. The minimum atomic E-state index is 0.412. The number of nitrogens with zero attached hydrogens (tertiary/aromatic N) is 1. The Labute approximate surface area is 117 Å². The molecule has 0 spiro atoms. The predicted molar refractivity (Wildman–Crippen MR) is 78.4 cm³/mol. The summed E-state index contributed by atoms with van der Waals surface area (Å²) in [5.74, 6) is 0. The minimum Gasteiger partial charge on any atom is -0.314 e. The summed E-state index contributed by atoms with van der Waals surface area (Å²) in [5.41, 5.74) is 3.09. The number of hydrogen-bond donors (Lipinski definition) is 1. The van der Waals surface area contributed by atoms with Crippen LogP contribution in [0.5, 0.6) is 0 Å². The highest BCUT2D eigenvalue weighted by Gasteiger charge is 2.12. The largest absolute Gasteiger partial charge is 0.314 e. The van der Waals surface area contributed by atoms with Crippen molar-refractivity contribution in [1.29, 1.82) is 0 Å². The van der Waals surface area contributed by atoms with E-state index in [9.17, 15) is 0 Å². The lowest BCUT2D eigenvalue weighted by Crippen LogP contribution is -2.32. The number of thiazole rings is 1. The van der Waals surface area contributed by atoms with Crippen LogP contribution in [0.4, 0.5) is 0 Å². The van der Waals surface area contributed by atoms with Gasteiger partial charge in [0.2, 0.25) is 0 Å². The maximum absolute atomic E-state index is 6.21. The fourth-order valence-corrected chi connectivity index (χ4v) is 2.91. The summed E-state index contributed by atoms with van der Waals surface area (Å²) in [5, 5.41) is 4.37. The summed E-state index contributed by atoms with van der Waals surface area (Å²) < 4.78 is 0. The zero-order valence-corrected chi connectivity index (χ0v) is 12.0. The van der Waals surface area contributed by atoms with E-state index in [1.165, 1.54) is 10.4 Å². The van der Waals surface area contributed by atoms with E-state index in [1.54, 1.807) is 11.3 Å². The van der Waals surface area contributed by atoms with Gasteiger partial charge in [0.1, 0.15) is 0 Å². The maximum atomic E-state index is 6.21. The van der Waals surface area contributed by atoms with Crippen molar-refractivity contribution in [2.24, 2.45) is 0 Å². The van der Waals surface area contributed by atoms with Gasteiger partial charge in [-0.25, -0.2) is 0 Å². The van der Waals surface area contributed by atoms with E-state index in [0.29, 0.717) is 6.04 Å². The van der Waals surface area contributed by atoms with Gasteiger partial charge in [0.25, 0.3) is 0 Å². The first-order valence-corrected chi connectivity index (χ1v) is 7.39. The lowest BCUT2D eigenvalue weighted by molar-refractivity contribution is 0.524. The Morgan fingerprint density at radius 3 is 2.83 bits per heavy atom. The molecule has 1 heterocycles. The molecule has 1 unspecified atom stereocenters. The minimum absolute atomic E-state index is 0.412.